The Morgan fingerprint density at radius 1 is 1.14 bits per heavy atom. The number of carbonyl (C=O) groups excluding carboxylic acids is 1. The molecule has 3 rings (SSSR count). The summed E-state index contributed by atoms with van der Waals surface area (Å²) in [7, 11) is 1.62. The summed E-state index contributed by atoms with van der Waals surface area (Å²) in [6, 6.07) is 13.4. The quantitative estimate of drug-likeness (QED) is 0.629. The molecule has 0 saturated carbocycles. The number of methoxy groups -OCH3 is 1. The fraction of sp³-hybridized carbons (Fsp3) is 0.286. The second-order valence-corrected chi connectivity index (χ2v) is 7.39. The van der Waals surface area contributed by atoms with Crippen molar-refractivity contribution in [2.24, 2.45) is 0 Å². The fourth-order valence-electron chi connectivity index (χ4n) is 2.72. The Balaban J connectivity index is 1.68. The van der Waals surface area contributed by atoms with Crippen molar-refractivity contribution < 1.29 is 14.3 Å². The maximum atomic E-state index is 12.6. The molecule has 0 aliphatic carbocycles. The van der Waals surface area contributed by atoms with Gasteiger partial charge in [-0.1, -0.05) is 36.0 Å². The standard InChI is InChI=1S/C21H23N3O3S/c1-5-17(27-18-11-6-13(2)12-14(18)3)19(25)22-21-24-23-20(28-21)15-7-9-16(26-4)10-8-15/h6-12,17H,5H2,1-4H3,(H,22,24,25). The number of rotatable bonds is 7. The summed E-state index contributed by atoms with van der Waals surface area (Å²) < 4.78 is 11.1. The van der Waals surface area contributed by atoms with Crippen LogP contribution in [-0.4, -0.2) is 29.3 Å². The summed E-state index contributed by atoms with van der Waals surface area (Å²) in [5.74, 6) is 1.25. The van der Waals surface area contributed by atoms with Gasteiger partial charge in [-0.15, -0.1) is 10.2 Å². The van der Waals surface area contributed by atoms with Crippen LogP contribution in [0.2, 0.25) is 0 Å². The Morgan fingerprint density at radius 3 is 2.54 bits per heavy atom. The van der Waals surface area contributed by atoms with E-state index >= 15 is 0 Å². The zero-order valence-corrected chi connectivity index (χ0v) is 17.2. The summed E-state index contributed by atoms with van der Waals surface area (Å²) in [4.78, 5) is 12.6. The molecule has 1 aromatic heterocycles. The van der Waals surface area contributed by atoms with E-state index in [2.05, 4.69) is 15.5 Å². The summed E-state index contributed by atoms with van der Waals surface area (Å²) >= 11 is 1.32. The van der Waals surface area contributed by atoms with E-state index in [-0.39, 0.29) is 5.91 Å². The van der Waals surface area contributed by atoms with Crippen molar-refractivity contribution >= 4 is 22.4 Å². The van der Waals surface area contributed by atoms with Gasteiger partial charge < -0.3 is 9.47 Å². The number of anilines is 1. The Bertz CT molecular complexity index is 954. The van der Waals surface area contributed by atoms with Gasteiger partial charge in [0.2, 0.25) is 5.13 Å². The van der Waals surface area contributed by atoms with Gasteiger partial charge in [0.1, 0.15) is 16.5 Å². The van der Waals surface area contributed by atoms with Crippen LogP contribution in [0.25, 0.3) is 10.6 Å². The lowest BCUT2D eigenvalue weighted by molar-refractivity contribution is -0.122. The molecule has 0 aliphatic heterocycles. The number of amides is 1. The van der Waals surface area contributed by atoms with Crippen LogP contribution in [0.4, 0.5) is 5.13 Å². The second kappa shape index (κ2) is 8.84. The molecule has 0 spiro atoms. The third-order valence-corrected chi connectivity index (χ3v) is 5.14. The van der Waals surface area contributed by atoms with Crippen molar-refractivity contribution in [2.45, 2.75) is 33.3 Å². The molecule has 1 unspecified atom stereocenters. The molecule has 0 saturated heterocycles. The SMILES string of the molecule is CCC(Oc1ccc(C)cc1C)C(=O)Nc1nnc(-c2ccc(OC)cc2)s1. The number of ether oxygens (including phenoxy) is 2. The molecular formula is C21H23N3O3S. The predicted molar refractivity (Wildman–Crippen MR) is 111 cm³/mol. The molecule has 1 atom stereocenters. The smallest absolute Gasteiger partial charge is 0.267 e. The van der Waals surface area contributed by atoms with Crippen LogP contribution in [0.15, 0.2) is 42.5 Å². The summed E-state index contributed by atoms with van der Waals surface area (Å²) in [6.45, 7) is 5.91. The molecule has 3 aromatic rings. The Hall–Kier alpha value is -2.93. The van der Waals surface area contributed by atoms with Gasteiger partial charge in [-0.2, -0.15) is 0 Å². The van der Waals surface area contributed by atoms with Gasteiger partial charge in [0, 0.05) is 5.56 Å². The fourth-order valence-corrected chi connectivity index (χ4v) is 3.47. The molecule has 0 radical (unpaired) electrons. The number of nitrogens with one attached hydrogen (secondary N) is 1. The molecule has 6 nitrogen and oxygen atoms in total. The van der Waals surface area contributed by atoms with Crippen LogP contribution in [0.5, 0.6) is 11.5 Å². The molecule has 7 heteroatoms. The first-order valence-electron chi connectivity index (χ1n) is 9.03. The summed E-state index contributed by atoms with van der Waals surface area (Å²) in [6.07, 6.45) is -0.0572. The molecule has 2 aromatic carbocycles. The monoisotopic (exact) mass is 397 g/mol. The van der Waals surface area contributed by atoms with E-state index in [1.54, 1.807) is 7.11 Å². The molecule has 1 N–H and O–H groups in total. The number of hydrogen-bond acceptors (Lipinski definition) is 6. The average molecular weight is 398 g/mol. The van der Waals surface area contributed by atoms with E-state index in [4.69, 9.17) is 9.47 Å². The van der Waals surface area contributed by atoms with Gasteiger partial charge in [0.25, 0.3) is 5.91 Å². The highest BCUT2D eigenvalue weighted by atomic mass is 32.1. The lowest BCUT2D eigenvalue weighted by atomic mass is 10.1. The molecule has 1 heterocycles. The zero-order valence-electron chi connectivity index (χ0n) is 16.4. The van der Waals surface area contributed by atoms with E-state index in [9.17, 15) is 4.79 Å². The minimum absolute atomic E-state index is 0.236. The third-order valence-electron chi connectivity index (χ3n) is 4.25. The first-order valence-corrected chi connectivity index (χ1v) is 9.84. The Labute approximate surface area is 168 Å². The number of nitrogens with zero attached hydrogens (tertiary/aromatic N) is 2. The maximum absolute atomic E-state index is 12.6. The lowest BCUT2D eigenvalue weighted by Gasteiger charge is -2.18. The second-order valence-electron chi connectivity index (χ2n) is 6.41. The van der Waals surface area contributed by atoms with Crippen molar-refractivity contribution in [3.8, 4) is 22.1 Å². The highest BCUT2D eigenvalue weighted by Gasteiger charge is 2.21. The minimum atomic E-state index is -0.602. The van der Waals surface area contributed by atoms with Crippen LogP contribution in [-0.2, 0) is 4.79 Å². The van der Waals surface area contributed by atoms with Gasteiger partial charge in [-0.05, 0) is 56.2 Å². The van der Waals surface area contributed by atoms with E-state index in [0.29, 0.717) is 17.3 Å². The Kier molecular flexibility index (Phi) is 6.26. The van der Waals surface area contributed by atoms with Gasteiger partial charge >= 0.3 is 0 Å². The number of aromatic nitrogens is 2. The minimum Gasteiger partial charge on any atom is -0.497 e. The van der Waals surface area contributed by atoms with Crippen molar-refractivity contribution in [2.75, 3.05) is 12.4 Å². The number of aryl methyl sites for hydroxylation is 2. The summed E-state index contributed by atoms with van der Waals surface area (Å²) in [5, 5.41) is 12.2. The van der Waals surface area contributed by atoms with Crippen molar-refractivity contribution in [3.63, 3.8) is 0 Å². The van der Waals surface area contributed by atoms with Gasteiger partial charge in [0.05, 0.1) is 7.11 Å². The summed E-state index contributed by atoms with van der Waals surface area (Å²) in [5.41, 5.74) is 3.07. The van der Waals surface area contributed by atoms with Crippen LogP contribution >= 0.6 is 11.3 Å². The van der Waals surface area contributed by atoms with Crippen LogP contribution < -0.4 is 14.8 Å². The topological polar surface area (TPSA) is 73.3 Å². The number of carbonyl (C=O) groups is 1. The van der Waals surface area contributed by atoms with Crippen LogP contribution in [0.1, 0.15) is 24.5 Å². The molecule has 0 bridgehead atoms. The first-order chi connectivity index (χ1) is 13.5. The molecule has 28 heavy (non-hydrogen) atoms. The highest BCUT2D eigenvalue weighted by molar-refractivity contribution is 7.18. The highest BCUT2D eigenvalue weighted by Crippen LogP contribution is 2.28. The van der Waals surface area contributed by atoms with E-state index < -0.39 is 6.10 Å². The zero-order chi connectivity index (χ0) is 20.1. The largest absolute Gasteiger partial charge is 0.497 e. The molecular weight excluding hydrogens is 374 g/mol. The van der Waals surface area contributed by atoms with E-state index in [0.717, 1.165) is 27.4 Å². The van der Waals surface area contributed by atoms with Crippen LogP contribution in [0.3, 0.4) is 0 Å². The normalized spacial score (nSPS) is 11.7. The first kappa shape index (κ1) is 19.8. The van der Waals surface area contributed by atoms with Crippen molar-refractivity contribution in [1.82, 2.24) is 10.2 Å². The van der Waals surface area contributed by atoms with Gasteiger partial charge in [-0.3, -0.25) is 10.1 Å². The molecule has 1 amide bonds. The van der Waals surface area contributed by atoms with Crippen molar-refractivity contribution in [1.29, 1.82) is 0 Å². The predicted octanol–water partition coefficient (Wildman–Crippen LogP) is 4.63. The third kappa shape index (κ3) is 4.67. The van der Waals surface area contributed by atoms with Crippen molar-refractivity contribution in [3.05, 3.63) is 53.6 Å². The lowest BCUT2D eigenvalue weighted by Crippen LogP contribution is -2.32. The molecule has 146 valence electrons. The average Bonchev–Trinajstić information content (AvgIpc) is 3.16. The van der Waals surface area contributed by atoms with Crippen LogP contribution in [0, 0.1) is 13.8 Å². The van der Waals surface area contributed by atoms with E-state index in [1.165, 1.54) is 11.3 Å². The number of benzene rings is 2. The molecule has 0 fully saturated rings. The van der Waals surface area contributed by atoms with E-state index in [1.807, 2.05) is 63.2 Å². The Morgan fingerprint density at radius 2 is 1.89 bits per heavy atom. The van der Waals surface area contributed by atoms with Gasteiger partial charge in [0.15, 0.2) is 6.10 Å². The maximum Gasteiger partial charge on any atom is 0.267 e. The van der Waals surface area contributed by atoms with Gasteiger partial charge in [-0.25, -0.2) is 0 Å². The number of hydrogen-bond donors (Lipinski definition) is 1. The molecule has 0 aliphatic rings.